The zero-order chi connectivity index (χ0) is 28.4. The standard InChI is InChI=1S/C35H37N3O3/c1-35(37-22-18-28(19-23-37)38(26-10-4-2-5-11-26)27-12-6-3-7-13-27)20-24-36(25-21-35)33(39)31-16-17-32(34(40)41)30-15-9-8-14-29(30)31/h2-17,28H,18-25H2,1H3,(H,40,41). The van der Waals surface area contributed by atoms with Crippen molar-refractivity contribution in [1.82, 2.24) is 9.80 Å². The van der Waals surface area contributed by atoms with Gasteiger partial charge in [-0.05, 0) is 79.8 Å². The van der Waals surface area contributed by atoms with E-state index in [2.05, 4.69) is 77.4 Å². The molecule has 0 bridgehead atoms. The highest BCUT2D eigenvalue weighted by molar-refractivity contribution is 6.12. The Hall–Kier alpha value is -4.16. The van der Waals surface area contributed by atoms with Crippen LogP contribution in [-0.2, 0) is 0 Å². The largest absolute Gasteiger partial charge is 0.478 e. The molecule has 0 aliphatic carbocycles. The topological polar surface area (TPSA) is 64.1 Å². The van der Waals surface area contributed by atoms with E-state index in [1.54, 1.807) is 18.2 Å². The molecule has 6 heteroatoms. The van der Waals surface area contributed by atoms with Crippen LogP contribution < -0.4 is 4.90 Å². The van der Waals surface area contributed by atoms with Crippen molar-refractivity contribution in [2.75, 3.05) is 31.1 Å². The van der Waals surface area contributed by atoms with Gasteiger partial charge in [-0.3, -0.25) is 9.69 Å². The van der Waals surface area contributed by atoms with Crippen molar-refractivity contribution in [3.05, 3.63) is 108 Å². The zero-order valence-electron chi connectivity index (χ0n) is 23.6. The maximum atomic E-state index is 13.6. The molecule has 1 amide bonds. The van der Waals surface area contributed by atoms with Crippen molar-refractivity contribution in [1.29, 1.82) is 0 Å². The Morgan fingerprint density at radius 2 is 1.20 bits per heavy atom. The number of benzene rings is 4. The average Bonchev–Trinajstić information content (AvgIpc) is 3.02. The number of likely N-dealkylation sites (tertiary alicyclic amines) is 2. The summed E-state index contributed by atoms with van der Waals surface area (Å²) in [5.41, 5.74) is 3.33. The lowest BCUT2D eigenvalue weighted by molar-refractivity contribution is 0.0178. The molecule has 4 aromatic rings. The summed E-state index contributed by atoms with van der Waals surface area (Å²) in [6.45, 7) is 5.83. The molecule has 2 heterocycles. The Balaban J connectivity index is 1.12. The number of piperidine rings is 2. The number of amides is 1. The summed E-state index contributed by atoms with van der Waals surface area (Å²) in [7, 11) is 0. The summed E-state index contributed by atoms with van der Waals surface area (Å²) in [5, 5.41) is 10.9. The molecule has 4 aromatic carbocycles. The van der Waals surface area contributed by atoms with Crippen LogP contribution in [0.3, 0.4) is 0 Å². The number of hydrogen-bond donors (Lipinski definition) is 1. The average molecular weight is 548 g/mol. The van der Waals surface area contributed by atoms with Crippen molar-refractivity contribution >= 4 is 34.0 Å². The highest BCUT2D eigenvalue weighted by Gasteiger charge is 2.39. The maximum Gasteiger partial charge on any atom is 0.336 e. The van der Waals surface area contributed by atoms with Crippen LogP contribution in [-0.4, -0.2) is 64.5 Å². The van der Waals surface area contributed by atoms with Crippen LogP contribution in [0.1, 0.15) is 53.3 Å². The number of fused-ring (bicyclic) bond motifs is 1. The molecule has 2 fully saturated rings. The highest BCUT2D eigenvalue weighted by Crippen LogP contribution is 2.36. The second-order valence-corrected chi connectivity index (χ2v) is 11.6. The monoisotopic (exact) mass is 547 g/mol. The Labute approximate surface area is 241 Å². The zero-order valence-corrected chi connectivity index (χ0v) is 23.6. The lowest BCUT2D eigenvalue weighted by Crippen LogP contribution is -2.57. The van der Waals surface area contributed by atoms with Gasteiger partial charge in [0.1, 0.15) is 0 Å². The fraction of sp³-hybridized carbons (Fsp3) is 0.314. The first-order valence-corrected chi connectivity index (χ1v) is 14.6. The number of carbonyl (C=O) groups excluding carboxylic acids is 1. The van der Waals surface area contributed by atoms with Gasteiger partial charge in [0.2, 0.25) is 0 Å². The molecule has 6 nitrogen and oxygen atoms in total. The second kappa shape index (κ2) is 11.4. The predicted octanol–water partition coefficient (Wildman–Crippen LogP) is 6.84. The molecular formula is C35H37N3O3. The van der Waals surface area contributed by atoms with Gasteiger partial charge in [0, 0.05) is 54.7 Å². The molecule has 2 aliphatic rings. The summed E-state index contributed by atoms with van der Waals surface area (Å²) >= 11 is 0. The molecule has 0 aromatic heterocycles. The van der Waals surface area contributed by atoms with Crippen LogP contribution in [0, 0.1) is 0 Å². The van der Waals surface area contributed by atoms with E-state index < -0.39 is 5.97 Å². The van der Waals surface area contributed by atoms with Crippen molar-refractivity contribution in [3.63, 3.8) is 0 Å². The lowest BCUT2D eigenvalue weighted by atomic mass is 9.85. The van der Waals surface area contributed by atoms with Gasteiger partial charge in [-0.25, -0.2) is 4.79 Å². The number of aromatic carboxylic acids is 1. The number of carboxylic acid groups (broad SMARTS) is 1. The molecule has 2 aliphatic heterocycles. The van der Waals surface area contributed by atoms with Gasteiger partial charge in [-0.2, -0.15) is 0 Å². The van der Waals surface area contributed by atoms with Crippen LogP contribution in [0.25, 0.3) is 10.8 Å². The number of nitrogens with zero attached hydrogens (tertiary/aromatic N) is 3. The van der Waals surface area contributed by atoms with Gasteiger partial charge in [-0.15, -0.1) is 0 Å². The number of carboxylic acids is 1. The van der Waals surface area contributed by atoms with Crippen LogP contribution in [0.15, 0.2) is 97.1 Å². The van der Waals surface area contributed by atoms with Gasteiger partial charge < -0.3 is 14.9 Å². The SMILES string of the molecule is CC1(N2CCC(N(c3ccccc3)c3ccccc3)CC2)CCN(C(=O)c2ccc(C(=O)O)c3ccccc23)CC1. The fourth-order valence-corrected chi connectivity index (χ4v) is 6.76. The second-order valence-electron chi connectivity index (χ2n) is 11.6. The fourth-order valence-electron chi connectivity index (χ4n) is 6.76. The van der Waals surface area contributed by atoms with E-state index in [0.717, 1.165) is 38.8 Å². The molecule has 0 saturated carbocycles. The minimum Gasteiger partial charge on any atom is -0.478 e. The van der Waals surface area contributed by atoms with E-state index in [-0.39, 0.29) is 17.0 Å². The van der Waals surface area contributed by atoms with Crippen molar-refractivity contribution in [2.24, 2.45) is 0 Å². The summed E-state index contributed by atoms with van der Waals surface area (Å²) < 4.78 is 0. The Morgan fingerprint density at radius 3 is 1.73 bits per heavy atom. The van der Waals surface area contributed by atoms with Gasteiger partial charge >= 0.3 is 5.97 Å². The van der Waals surface area contributed by atoms with Crippen molar-refractivity contribution in [3.8, 4) is 0 Å². The van der Waals surface area contributed by atoms with E-state index in [0.29, 0.717) is 35.5 Å². The normalized spacial score (nSPS) is 17.8. The van der Waals surface area contributed by atoms with E-state index in [4.69, 9.17) is 0 Å². The van der Waals surface area contributed by atoms with Crippen molar-refractivity contribution < 1.29 is 14.7 Å². The maximum absolute atomic E-state index is 13.6. The summed E-state index contributed by atoms with van der Waals surface area (Å²) in [6, 6.07) is 32.4. The molecule has 210 valence electrons. The van der Waals surface area contributed by atoms with E-state index in [1.165, 1.54) is 11.4 Å². The smallest absolute Gasteiger partial charge is 0.336 e. The van der Waals surface area contributed by atoms with E-state index in [1.807, 2.05) is 23.1 Å². The van der Waals surface area contributed by atoms with Crippen LogP contribution in [0.5, 0.6) is 0 Å². The van der Waals surface area contributed by atoms with E-state index in [9.17, 15) is 14.7 Å². The van der Waals surface area contributed by atoms with Gasteiger partial charge in [0.25, 0.3) is 5.91 Å². The number of para-hydroxylation sites is 2. The summed E-state index contributed by atoms with van der Waals surface area (Å²) in [5.74, 6) is -0.992. The third-order valence-corrected chi connectivity index (χ3v) is 9.17. The number of hydrogen-bond acceptors (Lipinski definition) is 4. The molecular weight excluding hydrogens is 510 g/mol. The molecule has 2 saturated heterocycles. The third-order valence-electron chi connectivity index (χ3n) is 9.17. The first-order chi connectivity index (χ1) is 19.9. The molecule has 6 rings (SSSR count). The quantitative estimate of drug-likeness (QED) is 0.287. The predicted molar refractivity (Wildman–Crippen MR) is 164 cm³/mol. The molecule has 1 N–H and O–H groups in total. The number of anilines is 2. The molecule has 0 unspecified atom stereocenters. The van der Waals surface area contributed by atoms with Gasteiger partial charge in [0.05, 0.1) is 5.56 Å². The molecule has 0 atom stereocenters. The first-order valence-electron chi connectivity index (χ1n) is 14.6. The van der Waals surface area contributed by atoms with Crippen molar-refractivity contribution in [2.45, 2.75) is 44.2 Å². The minimum absolute atomic E-state index is 0.0136. The van der Waals surface area contributed by atoms with Gasteiger partial charge in [0.15, 0.2) is 0 Å². The molecule has 0 spiro atoms. The van der Waals surface area contributed by atoms with Gasteiger partial charge in [-0.1, -0.05) is 60.7 Å². The number of rotatable bonds is 6. The van der Waals surface area contributed by atoms with Crippen LogP contribution in [0.4, 0.5) is 11.4 Å². The molecule has 0 radical (unpaired) electrons. The van der Waals surface area contributed by atoms with E-state index >= 15 is 0 Å². The number of carbonyl (C=O) groups is 2. The Bertz CT molecular complexity index is 1480. The Kier molecular flexibility index (Phi) is 7.50. The Morgan fingerprint density at radius 1 is 0.707 bits per heavy atom. The highest BCUT2D eigenvalue weighted by atomic mass is 16.4. The van der Waals surface area contributed by atoms with Crippen LogP contribution in [0.2, 0.25) is 0 Å². The summed E-state index contributed by atoms with van der Waals surface area (Å²) in [4.78, 5) is 32.4. The summed E-state index contributed by atoms with van der Waals surface area (Å²) in [6.07, 6.45) is 4.03. The van der Waals surface area contributed by atoms with Crippen LogP contribution >= 0.6 is 0 Å². The first kappa shape index (κ1) is 27.0. The minimum atomic E-state index is -0.978. The lowest BCUT2D eigenvalue weighted by Gasteiger charge is -2.50. The molecule has 41 heavy (non-hydrogen) atoms. The third kappa shape index (κ3) is 5.32.